The van der Waals surface area contributed by atoms with Gasteiger partial charge in [-0.05, 0) is 23.6 Å². The van der Waals surface area contributed by atoms with Crippen molar-refractivity contribution in [3.05, 3.63) is 41.6 Å². The summed E-state index contributed by atoms with van der Waals surface area (Å²) in [5, 5.41) is 15.4. The Morgan fingerprint density at radius 3 is 2.68 bits per heavy atom. The fourth-order valence-electron chi connectivity index (χ4n) is 1.85. The van der Waals surface area contributed by atoms with Crippen molar-refractivity contribution in [1.29, 1.82) is 5.26 Å². The minimum atomic E-state index is -0.434. The first kappa shape index (κ1) is 16.1. The van der Waals surface area contributed by atoms with Crippen LogP contribution < -0.4 is 10.6 Å². The van der Waals surface area contributed by atoms with Crippen LogP contribution in [0, 0.1) is 11.3 Å². The van der Waals surface area contributed by atoms with E-state index in [1.807, 2.05) is 30.3 Å². The Hall–Kier alpha value is -2.26. The molecule has 2 N–H and O–H groups in total. The molecule has 1 aliphatic rings. The highest BCUT2D eigenvalue weighted by atomic mass is 32.2. The fourth-order valence-corrected chi connectivity index (χ4v) is 2.56. The van der Waals surface area contributed by atoms with Gasteiger partial charge in [0.15, 0.2) is 5.17 Å². The number of amides is 1. The quantitative estimate of drug-likeness (QED) is 0.662. The number of nitriles is 1. The number of carbonyl (C=O) groups is 1. The van der Waals surface area contributed by atoms with Crippen LogP contribution in [0.15, 0.2) is 41.0 Å². The van der Waals surface area contributed by atoms with Gasteiger partial charge in [-0.2, -0.15) is 5.26 Å². The number of aliphatic imine (C=N–C) groups is 1. The monoisotopic (exact) mass is 314 g/mol. The third-order valence-corrected chi connectivity index (χ3v) is 4.03. The number of carbonyl (C=O) groups excluding carboxylic acids is 1. The van der Waals surface area contributed by atoms with Gasteiger partial charge in [0.2, 0.25) is 0 Å². The average molecular weight is 314 g/mol. The van der Waals surface area contributed by atoms with Crippen molar-refractivity contribution < 1.29 is 4.79 Å². The molecule has 0 aliphatic carbocycles. The van der Waals surface area contributed by atoms with Crippen molar-refractivity contribution >= 4 is 28.5 Å². The summed E-state index contributed by atoms with van der Waals surface area (Å²) < 4.78 is 0. The molecule has 22 heavy (non-hydrogen) atoms. The predicted molar refractivity (Wildman–Crippen MR) is 90.8 cm³/mol. The number of anilines is 1. The average Bonchev–Trinajstić information content (AvgIpc) is 3.01. The zero-order valence-electron chi connectivity index (χ0n) is 12.6. The van der Waals surface area contributed by atoms with Crippen LogP contribution in [0.25, 0.3) is 0 Å². The van der Waals surface area contributed by atoms with Gasteiger partial charge in [-0.25, -0.2) is 0 Å². The molecular formula is C16H18N4OS. The zero-order valence-corrected chi connectivity index (χ0v) is 13.4. The Kier molecular flexibility index (Phi) is 5.61. The second-order valence-corrected chi connectivity index (χ2v) is 6.16. The molecule has 114 valence electrons. The molecule has 1 aliphatic heterocycles. The zero-order chi connectivity index (χ0) is 15.9. The summed E-state index contributed by atoms with van der Waals surface area (Å²) in [5.74, 6) is 0.927. The molecule has 2 rings (SSSR count). The summed E-state index contributed by atoms with van der Waals surface area (Å²) in [6.07, 6.45) is 1.40. The van der Waals surface area contributed by atoms with Crippen LogP contribution in [-0.2, 0) is 4.79 Å². The lowest BCUT2D eigenvalue weighted by atomic mass is 10.0. The number of hydrogen-bond donors (Lipinski definition) is 2. The highest BCUT2D eigenvalue weighted by Gasteiger charge is 2.11. The van der Waals surface area contributed by atoms with Gasteiger partial charge in [-0.15, -0.1) is 0 Å². The second-order valence-electron chi connectivity index (χ2n) is 5.08. The van der Waals surface area contributed by atoms with Crippen molar-refractivity contribution in [2.45, 2.75) is 19.8 Å². The molecule has 0 radical (unpaired) electrons. The lowest BCUT2D eigenvalue weighted by molar-refractivity contribution is -0.112. The number of nitrogens with one attached hydrogen (secondary N) is 2. The minimum Gasteiger partial charge on any atom is -0.340 e. The standard InChI is InChI=1S/C16H18N4OS/c1-11(2)12-3-5-14(6-4-12)20-15(21)13(9-17)10-19-16-18-7-8-22-16/h3-6,10-11H,7-8H2,1-2H3,(H,18,19)(H,20,21)/b13-10-. The van der Waals surface area contributed by atoms with Gasteiger partial charge in [0.25, 0.3) is 5.91 Å². The van der Waals surface area contributed by atoms with Gasteiger partial charge in [-0.1, -0.05) is 37.7 Å². The number of hydrogen-bond acceptors (Lipinski definition) is 5. The van der Waals surface area contributed by atoms with Gasteiger partial charge in [-0.3, -0.25) is 9.79 Å². The van der Waals surface area contributed by atoms with E-state index in [0.717, 1.165) is 17.5 Å². The summed E-state index contributed by atoms with van der Waals surface area (Å²) >= 11 is 1.57. The van der Waals surface area contributed by atoms with E-state index in [-0.39, 0.29) is 5.57 Å². The van der Waals surface area contributed by atoms with E-state index < -0.39 is 5.91 Å². The van der Waals surface area contributed by atoms with E-state index in [9.17, 15) is 4.79 Å². The summed E-state index contributed by atoms with van der Waals surface area (Å²) in [4.78, 5) is 16.3. The Morgan fingerprint density at radius 1 is 1.41 bits per heavy atom. The maximum Gasteiger partial charge on any atom is 0.267 e. The first-order valence-corrected chi connectivity index (χ1v) is 8.04. The first-order valence-electron chi connectivity index (χ1n) is 7.05. The molecule has 1 aromatic rings. The van der Waals surface area contributed by atoms with Gasteiger partial charge < -0.3 is 10.6 Å². The largest absolute Gasteiger partial charge is 0.340 e. The molecule has 1 amide bonds. The van der Waals surface area contributed by atoms with E-state index in [4.69, 9.17) is 5.26 Å². The molecule has 1 heterocycles. The van der Waals surface area contributed by atoms with Crippen molar-refractivity contribution in [2.75, 3.05) is 17.6 Å². The van der Waals surface area contributed by atoms with Gasteiger partial charge in [0.1, 0.15) is 11.6 Å². The maximum atomic E-state index is 12.1. The van der Waals surface area contributed by atoms with Gasteiger partial charge in [0, 0.05) is 17.6 Å². The Balaban J connectivity index is 1.99. The molecular weight excluding hydrogens is 296 g/mol. The Bertz CT molecular complexity index is 641. The van der Waals surface area contributed by atoms with Crippen LogP contribution in [0.3, 0.4) is 0 Å². The Morgan fingerprint density at radius 2 is 2.14 bits per heavy atom. The molecule has 0 bridgehead atoms. The van der Waals surface area contributed by atoms with Crippen LogP contribution in [0.2, 0.25) is 0 Å². The second kappa shape index (κ2) is 7.66. The summed E-state index contributed by atoms with van der Waals surface area (Å²) in [6.45, 7) is 4.98. The molecule has 0 fully saturated rings. The third kappa shape index (κ3) is 4.37. The molecule has 0 spiro atoms. The van der Waals surface area contributed by atoms with Crippen molar-refractivity contribution in [1.82, 2.24) is 5.32 Å². The topological polar surface area (TPSA) is 77.3 Å². The SMILES string of the molecule is CC(C)c1ccc(NC(=O)/C(C#N)=C\NC2=NCCS2)cc1. The minimum absolute atomic E-state index is 0.0168. The van der Waals surface area contributed by atoms with E-state index in [2.05, 4.69) is 29.5 Å². The van der Waals surface area contributed by atoms with E-state index in [1.54, 1.807) is 11.8 Å². The van der Waals surface area contributed by atoms with Crippen molar-refractivity contribution in [3.8, 4) is 6.07 Å². The van der Waals surface area contributed by atoms with E-state index in [0.29, 0.717) is 11.6 Å². The number of thioether (sulfide) groups is 1. The lowest BCUT2D eigenvalue weighted by Crippen LogP contribution is -2.18. The molecule has 0 atom stereocenters. The van der Waals surface area contributed by atoms with Crippen molar-refractivity contribution in [3.63, 3.8) is 0 Å². The highest BCUT2D eigenvalue weighted by molar-refractivity contribution is 8.14. The summed E-state index contributed by atoms with van der Waals surface area (Å²) in [6, 6.07) is 9.52. The smallest absolute Gasteiger partial charge is 0.267 e. The van der Waals surface area contributed by atoms with Crippen molar-refractivity contribution in [2.24, 2.45) is 4.99 Å². The third-order valence-electron chi connectivity index (χ3n) is 3.13. The molecule has 1 aromatic carbocycles. The van der Waals surface area contributed by atoms with Crippen LogP contribution in [0.5, 0.6) is 0 Å². The molecule has 0 unspecified atom stereocenters. The molecule has 0 saturated heterocycles. The number of benzene rings is 1. The summed E-state index contributed by atoms with van der Waals surface area (Å²) in [7, 11) is 0. The Labute approximate surface area is 134 Å². The lowest BCUT2D eigenvalue weighted by Gasteiger charge is -2.08. The predicted octanol–water partition coefficient (Wildman–Crippen LogP) is 2.85. The normalized spacial score (nSPS) is 14.5. The number of amidine groups is 1. The fraction of sp³-hybridized carbons (Fsp3) is 0.312. The maximum absolute atomic E-state index is 12.1. The molecule has 6 heteroatoms. The summed E-state index contributed by atoms with van der Waals surface area (Å²) in [5.41, 5.74) is 1.89. The van der Waals surface area contributed by atoms with E-state index >= 15 is 0 Å². The number of nitrogens with zero attached hydrogens (tertiary/aromatic N) is 2. The number of rotatable bonds is 4. The van der Waals surface area contributed by atoms with Crippen LogP contribution in [0.1, 0.15) is 25.3 Å². The van der Waals surface area contributed by atoms with Crippen LogP contribution in [-0.4, -0.2) is 23.4 Å². The molecule has 0 saturated carbocycles. The molecule has 5 nitrogen and oxygen atoms in total. The van der Waals surface area contributed by atoms with Gasteiger partial charge >= 0.3 is 0 Å². The first-order chi connectivity index (χ1) is 10.6. The highest BCUT2D eigenvalue weighted by Crippen LogP contribution is 2.17. The van der Waals surface area contributed by atoms with Crippen LogP contribution >= 0.6 is 11.8 Å². The van der Waals surface area contributed by atoms with Gasteiger partial charge in [0.05, 0.1) is 6.54 Å². The van der Waals surface area contributed by atoms with E-state index in [1.165, 1.54) is 11.8 Å². The molecule has 0 aromatic heterocycles. The van der Waals surface area contributed by atoms with Crippen LogP contribution in [0.4, 0.5) is 5.69 Å².